The minimum Gasteiger partial charge on any atom is -0.348 e. The quantitative estimate of drug-likeness (QED) is 0.424. The molecule has 33 heavy (non-hydrogen) atoms. The van der Waals surface area contributed by atoms with Gasteiger partial charge in [-0.15, -0.1) is 0 Å². The number of rotatable bonds is 4. The highest BCUT2D eigenvalue weighted by Crippen LogP contribution is 2.46. The number of guanidine groups is 1. The zero-order valence-corrected chi connectivity index (χ0v) is 20.4. The van der Waals surface area contributed by atoms with Crippen molar-refractivity contribution in [1.29, 1.82) is 5.41 Å². The maximum absolute atomic E-state index is 14.2. The first kappa shape index (κ1) is 23.3. The maximum Gasteiger partial charge on any atom is 0.260 e. The Morgan fingerprint density at radius 2 is 1.55 bits per heavy atom. The van der Waals surface area contributed by atoms with Gasteiger partial charge >= 0.3 is 0 Å². The molecule has 0 radical (unpaired) electrons. The van der Waals surface area contributed by atoms with E-state index in [1.54, 1.807) is 61.3 Å². The van der Waals surface area contributed by atoms with E-state index in [-0.39, 0.29) is 16.8 Å². The molecular weight excluding hydrogens is 456 g/mol. The molecule has 1 fully saturated rings. The highest BCUT2D eigenvalue weighted by molar-refractivity contribution is 7.89. The first-order chi connectivity index (χ1) is 15.7. The molecule has 1 heterocycles. The van der Waals surface area contributed by atoms with Crippen molar-refractivity contribution in [3.63, 3.8) is 0 Å². The second-order valence-corrected chi connectivity index (χ2v) is 10.6. The minimum absolute atomic E-state index is 0.101. The van der Waals surface area contributed by atoms with E-state index in [1.165, 1.54) is 4.41 Å². The van der Waals surface area contributed by atoms with Gasteiger partial charge in [-0.3, -0.25) is 10.4 Å². The monoisotopic (exact) mass is 482 g/mol. The summed E-state index contributed by atoms with van der Waals surface area (Å²) < 4.78 is 29.7. The number of nitrogens with one attached hydrogen (secondary N) is 1. The lowest BCUT2D eigenvalue weighted by atomic mass is 9.89. The summed E-state index contributed by atoms with van der Waals surface area (Å²) in [4.78, 5) is 1.85. The summed E-state index contributed by atoms with van der Waals surface area (Å²) in [7, 11) is -0.498. The summed E-state index contributed by atoms with van der Waals surface area (Å²) in [5.41, 5.74) is 2.49. The Morgan fingerprint density at radius 3 is 2.15 bits per heavy atom. The van der Waals surface area contributed by atoms with Gasteiger partial charge in [0.1, 0.15) is 0 Å². The molecule has 0 saturated carbocycles. The molecule has 1 N–H and O–H groups in total. The Bertz CT molecular complexity index is 1250. The number of hydrogen-bond acceptors (Lipinski definition) is 3. The van der Waals surface area contributed by atoms with Gasteiger partial charge in [0, 0.05) is 31.6 Å². The van der Waals surface area contributed by atoms with Crippen LogP contribution in [0.15, 0.2) is 83.8 Å². The third-order valence-electron chi connectivity index (χ3n) is 5.95. The fourth-order valence-corrected chi connectivity index (χ4v) is 6.34. The summed E-state index contributed by atoms with van der Waals surface area (Å²) in [6, 6.07) is 23.6. The molecule has 1 aliphatic heterocycles. The van der Waals surface area contributed by atoms with Crippen LogP contribution in [0.2, 0.25) is 5.02 Å². The average molecular weight is 483 g/mol. The number of sulfonamides is 1. The predicted octanol–water partition coefficient (Wildman–Crippen LogP) is 4.89. The molecule has 0 aliphatic carbocycles. The normalized spacial score (nSPS) is 19.0. The van der Waals surface area contributed by atoms with Crippen molar-refractivity contribution in [2.75, 3.05) is 20.6 Å². The van der Waals surface area contributed by atoms with Crippen molar-refractivity contribution in [1.82, 2.24) is 14.3 Å². The van der Waals surface area contributed by atoms with Crippen LogP contribution in [-0.2, 0) is 10.0 Å². The van der Waals surface area contributed by atoms with Crippen LogP contribution in [0.4, 0.5) is 0 Å². The Hall–Kier alpha value is -2.87. The summed E-state index contributed by atoms with van der Waals surface area (Å²) in [6.07, 6.45) is 0. The van der Waals surface area contributed by atoms with Crippen LogP contribution in [0, 0.1) is 12.3 Å². The molecule has 4 rings (SSSR count). The maximum atomic E-state index is 14.2. The van der Waals surface area contributed by atoms with Crippen LogP contribution in [0.5, 0.6) is 0 Å². The van der Waals surface area contributed by atoms with E-state index < -0.39 is 16.1 Å². The fraction of sp³-hybridized carbons (Fsp3) is 0.240. The third-order valence-corrected chi connectivity index (χ3v) is 8.13. The van der Waals surface area contributed by atoms with Crippen molar-refractivity contribution in [3.8, 4) is 0 Å². The molecular formula is C25H27ClN4O2S. The Balaban J connectivity index is 1.95. The predicted molar refractivity (Wildman–Crippen MR) is 132 cm³/mol. The summed E-state index contributed by atoms with van der Waals surface area (Å²) >= 11 is 6.15. The molecule has 0 aromatic heterocycles. The number of aryl methyl sites for hydroxylation is 1. The molecule has 2 atom stereocenters. The van der Waals surface area contributed by atoms with Crippen LogP contribution >= 0.6 is 11.6 Å². The lowest BCUT2D eigenvalue weighted by molar-refractivity contribution is 0.159. The first-order valence-electron chi connectivity index (χ1n) is 10.7. The standard InChI is InChI=1S/C25H27ClN4O2S/c1-18-9-7-8-12-23(18)33(31,32)30-24(20-13-15-21(26)16-14-20)22(19-10-5-4-6-11-19)17-29(30)25(27)28(2)3/h4-16,22,24,27H,17H2,1-3H3. The van der Waals surface area contributed by atoms with Crippen molar-refractivity contribution in [3.05, 3.63) is 101 Å². The molecule has 2 unspecified atom stereocenters. The van der Waals surface area contributed by atoms with Crippen molar-refractivity contribution in [2.45, 2.75) is 23.8 Å². The molecule has 6 nitrogen and oxygen atoms in total. The summed E-state index contributed by atoms with van der Waals surface area (Å²) in [5.74, 6) is -0.0870. The van der Waals surface area contributed by atoms with Crippen molar-refractivity contribution < 1.29 is 8.42 Å². The van der Waals surface area contributed by atoms with E-state index >= 15 is 0 Å². The molecule has 0 bridgehead atoms. The highest BCUT2D eigenvalue weighted by atomic mass is 35.5. The van der Waals surface area contributed by atoms with E-state index in [4.69, 9.17) is 17.0 Å². The number of halogens is 1. The van der Waals surface area contributed by atoms with Crippen molar-refractivity contribution in [2.24, 2.45) is 0 Å². The van der Waals surface area contributed by atoms with E-state index in [9.17, 15) is 8.42 Å². The molecule has 3 aromatic rings. The number of nitrogens with zero attached hydrogens (tertiary/aromatic N) is 3. The zero-order chi connectivity index (χ0) is 23.8. The number of hydrazine groups is 1. The largest absolute Gasteiger partial charge is 0.348 e. The minimum atomic E-state index is -3.99. The second kappa shape index (κ2) is 9.17. The van der Waals surface area contributed by atoms with Gasteiger partial charge in [0.2, 0.25) is 5.96 Å². The molecule has 1 aliphatic rings. The van der Waals surface area contributed by atoms with Crippen LogP contribution in [-0.4, -0.2) is 49.3 Å². The summed E-state index contributed by atoms with van der Waals surface area (Å²) in [6.45, 7) is 2.13. The fourth-order valence-electron chi connectivity index (χ4n) is 4.32. The lowest BCUT2D eigenvalue weighted by Crippen LogP contribution is -2.49. The topological polar surface area (TPSA) is 67.7 Å². The van der Waals surface area contributed by atoms with E-state index in [1.807, 2.05) is 48.5 Å². The van der Waals surface area contributed by atoms with Gasteiger partial charge in [-0.25, -0.2) is 8.42 Å². The van der Waals surface area contributed by atoms with Crippen LogP contribution in [0.1, 0.15) is 28.7 Å². The Labute approximate surface area is 200 Å². The number of hydrogen-bond donors (Lipinski definition) is 1. The van der Waals surface area contributed by atoms with Gasteiger partial charge in [0.15, 0.2) is 0 Å². The molecule has 0 amide bonds. The third kappa shape index (κ3) is 4.36. The van der Waals surface area contributed by atoms with E-state index in [2.05, 4.69) is 0 Å². The smallest absolute Gasteiger partial charge is 0.260 e. The zero-order valence-electron chi connectivity index (χ0n) is 18.8. The lowest BCUT2D eigenvalue weighted by Gasteiger charge is -2.35. The van der Waals surface area contributed by atoms with Crippen LogP contribution < -0.4 is 0 Å². The SMILES string of the molecule is Cc1ccccc1S(=O)(=O)N1C(c2ccc(Cl)cc2)C(c2ccccc2)CN1C(=N)N(C)C. The van der Waals surface area contributed by atoms with Gasteiger partial charge in [-0.05, 0) is 41.8 Å². The Kier molecular flexibility index (Phi) is 6.47. The average Bonchev–Trinajstić information content (AvgIpc) is 3.21. The molecule has 8 heteroatoms. The first-order valence-corrected chi connectivity index (χ1v) is 12.5. The van der Waals surface area contributed by atoms with Gasteiger partial charge < -0.3 is 4.90 Å². The molecule has 0 spiro atoms. The van der Waals surface area contributed by atoms with Gasteiger partial charge in [0.25, 0.3) is 10.0 Å². The van der Waals surface area contributed by atoms with Gasteiger partial charge in [-0.1, -0.05) is 76.7 Å². The second-order valence-electron chi connectivity index (χ2n) is 8.36. The van der Waals surface area contributed by atoms with Crippen LogP contribution in [0.3, 0.4) is 0 Å². The van der Waals surface area contributed by atoms with Crippen molar-refractivity contribution >= 4 is 27.6 Å². The Morgan fingerprint density at radius 1 is 0.939 bits per heavy atom. The molecule has 1 saturated heterocycles. The van der Waals surface area contributed by atoms with Gasteiger partial charge in [-0.2, -0.15) is 0 Å². The van der Waals surface area contributed by atoms with E-state index in [0.717, 1.165) is 11.1 Å². The molecule has 172 valence electrons. The van der Waals surface area contributed by atoms with Crippen LogP contribution in [0.25, 0.3) is 0 Å². The molecule has 3 aromatic carbocycles. The highest BCUT2D eigenvalue weighted by Gasteiger charge is 2.50. The van der Waals surface area contributed by atoms with E-state index in [0.29, 0.717) is 17.1 Å². The number of benzene rings is 3. The van der Waals surface area contributed by atoms with Gasteiger partial charge in [0.05, 0.1) is 10.9 Å². The summed E-state index contributed by atoms with van der Waals surface area (Å²) in [5, 5.41) is 10.9.